The Morgan fingerprint density at radius 3 is 2.50 bits per heavy atom. The molecule has 0 saturated heterocycles. The Kier molecular flexibility index (Phi) is 7.55. The van der Waals surface area contributed by atoms with Gasteiger partial charge in [0.05, 0.1) is 9.21 Å². The molecule has 0 aliphatic heterocycles. The normalized spacial score (nSPS) is 10.6. The van der Waals surface area contributed by atoms with Crippen LogP contribution in [0.1, 0.15) is 36.4 Å². The molecule has 122 valence electrons. The molecule has 7 heteroatoms. The molecular formula is C15H21ClN2O3S. The molecule has 0 spiro atoms. The molecule has 1 N–H and O–H groups in total. The molecule has 0 fully saturated rings. The van der Waals surface area contributed by atoms with E-state index in [4.69, 9.17) is 11.6 Å². The minimum atomic E-state index is -0.116. The van der Waals surface area contributed by atoms with E-state index in [1.807, 2.05) is 13.8 Å². The van der Waals surface area contributed by atoms with Crippen molar-refractivity contribution in [3.63, 3.8) is 0 Å². The Hall–Kier alpha value is -1.40. The molecule has 22 heavy (non-hydrogen) atoms. The summed E-state index contributed by atoms with van der Waals surface area (Å²) in [5.41, 5.74) is 0. The molecule has 0 aliphatic carbocycles. The van der Waals surface area contributed by atoms with Crippen molar-refractivity contribution in [2.24, 2.45) is 5.92 Å². The molecule has 0 aromatic carbocycles. The second kappa shape index (κ2) is 8.90. The zero-order chi connectivity index (χ0) is 16.7. The standard InChI is InChI=1S/C15H21ClN2O3S/c1-10(2)15(21)17-8-9-18(3)14(20)7-4-11(19)12-5-6-13(16)22-12/h5-6,10H,4,7-9H2,1-3H3,(H,17,21). The predicted octanol–water partition coefficient (Wildman–Crippen LogP) is 2.59. The van der Waals surface area contributed by atoms with Gasteiger partial charge in [0.2, 0.25) is 11.8 Å². The van der Waals surface area contributed by atoms with Crippen LogP contribution in [0.4, 0.5) is 0 Å². The van der Waals surface area contributed by atoms with Gasteiger partial charge in [0, 0.05) is 38.9 Å². The molecule has 0 saturated carbocycles. The van der Waals surface area contributed by atoms with Gasteiger partial charge in [-0.2, -0.15) is 0 Å². The molecule has 5 nitrogen and oxygen atoms in total. The fourth-order valence-corrected chi connectivity index (χ4v) is 2.68. The molecule has 0 bridgehead atoms. The van der Waals surface area contributed by atoms with Gasteiger partial charge < -0.3 is 10.2 Å². The molecule has 1 aromatic heterocycles. The summed E-state index contributed by atoms with van der Waals surface area (Å²) in [4.78, 5) is 37.3. The van der Waals surface area contributed by atoms with E-state index < -0.39 is 0 Å². The summed E-state index contributed by atoms with van der Waals surface area (Å²) in [5, 5.41) is 2.75. The van der Waals surface area contributed by atoms with E-state index in [9.17, 15) is 14.4 Å². The number of ketones is 1. The van der Waals surface area contributed by atoms with Crippen molar-refractivity contribution in [2.45, 2.75) is 26.7 Å². The number of nitrogens with one attached hydrogen (secondary N) is 1. The molecule has 0 atom stereocenters. The van der Waals surface area contributed by atoms with Gasteiger partial charge in [-0.25, -0.2) is 0 Å². The maximum atomic E-state index is 11.9. The van der Waals surface area contributed by atoms with Gasteiger partial charge in [-0.15, -0.1) is 11.3 Å². The number of rotatable bonds is 8. The van der Waals surface area contributed by atoms with E-state index in [0.717, 1.165) is 0 Å². The van der Waals surface area contributed by atoms with Gasteiger partial charge in [-0.05, 0) is 12.1 Å². The van der Waals surface area contributed by atoms with E-state index in [2.05, 4.69) is 5.32 Å². The lowest BCUT2D eigenvalue weighted by Crippen LogP contribution is -2.37. The largest absolute Gasteiger partial charge is 0.354 e. The number of Topliss-reactive ketones (excluding diaryl/α,β-unsaturated/α-hetero) is 1. The first-order valence-electron chi connectivity index (χ1n) is 7.11. The maximum absolute atomic E-state index is 11.9. The van der Waals surface area contributed by atoms with Crippen molar-refractivity contribution >= 4 is 40.5 Å². The molecule has 2 amide bonds. The summed E-state index contributed by atoms with van der Waals surface area (Å²) in [6.07, 6.45) is 0.321. The average molecular weight is 345 g/mol. The third-order valence-corrected chi connectivity index (χ3v) is 4.38. The molecule has 0 unspecified atom stereocenters. The van der Waals surface area contributed by atoms with Crippen LogP contribution in [-0.4, -0.2) is 42.6 Å². The fourth-order valence-electron chi connectivity index (χ4n) is 1.67. The van der Waals surface area contributed by atoms with Crippen LogP contribution in [0.5, 0.6) is 0 Å². The topological polar surface area (TPSA) is 66.5 Å². The van der Waals surface area contributed by atoms with Gasteiger partial charge in [-0.1, -0.05) is 25.4 Å². The van der Waals surface area contributed by atoms with Crippen molar-refractivity contribution in [3.8, 4) is 0 Å². The van der Waals surface area contributed by atoms with Gasteiger partial charge in [-0.3, -0.25) is 14.4 Å². The highest BCUT2D eigenvalue weighted by Gasteiger charge is 2.14. The van der Waals surface area contributed by atoms with Crippen LogP contribution in [0.15, 0.2) is 12.1 Å². The van der Waals surface area contributed by atoms with Gasteiger partial charge in [0.1, 0.15) is 0 Å². The number of carbonyl (C=O) groups is 3. The molecular weight excluding hydrogens is 324 g/mol. The van der Waals surface area contributed by atoms with E-state index in [0.29, 0.717) is 22.3 Å². The average Bonchev–Trinajstić information content (AvgIpc) is 2.90. The van der Waals surface area contributed by atoms with Crippen LogP contribution in [0.2, 0.25) is 4.34 Å². The Bertz CT molecular complexity index is 543. The van der Waals surface area contributed by atoms with Crippen molar-refractivity contribution in [1.29, 1.82) is 0 Å². The Labute approximate surface area is 139 Å². The van der Waals surface area contributed by atoms with Crippen LogP contribution in [0, 0.1) is 5.92 Å². The lowest BCUT2D eigenvalue weighted by molar-refractivity contribution is -0.130. The SMILES string of the molecule is CC(C)C(=O)NCCN(C)C(=O)CCC(=O)c1ccc(Cl)s1. The molecule has 0 aliphatic rings. The number of nitrogens with zero attached hydrogens (tertiary/aromatic N) is 1. The van der Waals surface area contributed by atoms with E-state index in [1.165, 1.54) is 16.2 Å². The van der Waals surface area contributed by atoms with Crippen molar-refractivity contribution in [3.05, 3.63) is 21.3 Å². The monoisotopic (exact) mass is 344 g/mol. The molecule has 0 radical (unpaired) electrons. The van der Waals surface area contributed by atoms with E-state index in [1.54, 1.807) is 19.2 Å². The highest BCUT2D eigenvalue weighted by atomic mass is 35.5. The number of likely N-dealkylation sites (N-methyl/N-ethyl adjacent to an activating group) is 1. The van der Waals surface area contributed by atoms with Gasteiger partial charge >= 0.3 is 0 Å². The quantitative estimate of drug-likeness (QED) is 0.737. The smallest absolute Gasteiger partial charge is 0.222 e. The molecule has 1 aromatic rings. The predicted molar refractivity (Wildman–Crippen MR) is 88.4 cm³/mol. The molecule has 1 rings (SSSR count). The number of hydrogen-bond donors (Lipinski definition) is 1. The second-order valence-electron chi connectivity index (χ2n) is 5.29. The number of amides is 2. The fraction of sp³-hybridized carbons (Fsp3) is 0.533. The first kappa shape index (κ1) is 18.6. The first-order chi connectivity index (χ1) is 10.3. The highest BCUT2D eigenvalue weighted by Crippen LogP contribution is 2.22. The summed E-state index contributed by atoms with van der Waals surface area (Å²) in [6, 6.07) is 3.34. The number of carbonyl (C=O) groups excluding carboxylic acids is 3. The van der Waals surface area contributed by atoms with Crippen LogP contribution < -0.4 is 5.32 Å². The maximum Gasteiger partial charge on any atom is 0.222 e. The van der Waals surface area contributed by atoms with Crippen molar-refractivity contribution < 1.29 is 14.4 Å². The van der Waals surface area contributed by atoms with Crippen LogP contribution in [0.25, 0.3) is 0 Å². The summed E-state index contributed by atoms with van der Waals surface area (Å²) >= 11 is 7.00. The number of thiophene rings is 1. The van der Waals surface area contributed by atoms with Gasteiger partial charge in [0.15, 0.2) is 5.78 Å². The number of halogens is 1. The number of hydrogen-bond acceptors (Lipinski definition) is 4. The van der Waals surface area contributed by atoms with Crippen LogP contribution >= 0.6 is 22.9 Å². The first-order valence-corrected chi connectivity index (χ1v) is 8.31. The minimum Gasteiger partial charge on any atom is -0.354 e. The second-order valence-corrected chi connectivity index (χ2v) is 7.00. The third kappa shape index (κ3) is 6.15. The highest BCUT2D eigenvalue weighted by molar-refractivity contribution is 7.18. The summed E-state index contributed by atoms with van der Waals surface area (Å²) in [6.45, 7) is 4.46. The lowest BCUT2D eigenvalue weighted by atomic mass is 10.2. The Morgan fingerprint density at radius 2 is 1.95 bits per heavy atom. The summed E-state index contributed by atoms with van der Waals surface area (Å²) in [7, 11) is 1.66. The van der Waals surface area contributed by atoms with Crippen LogP contribution in [-0.2, 0) is 9.59 Å². The summed E-state index contributed by atoms with van der Waals surface area (Å²) in [5.74, 6) is -0.302. The van der Waals surface area contributed by atoms with Crippen molar-refractivity contribution in [1.82, 2.24) is 10.2 Å². The minimum absolute atomic E-state index is 0.0365. The van der Waals surface area contributed by atoms with E-state index in [-0.39, 0.29) is 36.4 Å². The van der Waals surface area contributed by atoms with Gasteiger partial charge in [0.25, 0.3) is 0 Å². The Balaban J connectivity index is 2.29. The summed E-state index contributed by atoms with van der Waals surface area (Å²) < 4.78 is 0.563. The lowest BCUT2D eigenvalue weighted by Gasteiger charge is -2.17. The molecule has 1 heterocycles. The zero-order valence-corrected chi connectivity index (χ0v) is 14.6. The third-order valence-electron chi connectivity index (χ3n) is 3.11. The zero-order valence-electron chi connectivity index (χ0n) is 13.0. The van der Waals surface area contributed by atoms with Crippen LogP contribution in [0.3, 0.4) is 0 Å². The Morgan fingerprint density at radius 1 is 1.27 bits per heavy atom. The van der Waals surface area contributed by atoms with E-state index >= 15 is 0 Å². The van der Waals surface area contributed by atoms with Crippen molar-refractivity contribution in [2.75, 3.05) is 20.1 Å².